The molecule has 1 aliphatic carbocycles. The number of methoxy groups -OCH3 is 1. The number of nitrogens with two attached hydrogens (primary N) is 1. The predicted molar refractivity (Wildman–Crippen MR) is 108 cm³/mol. The maximum atomic E-state index is 11.8. The largest absolute Gasteiger partial charge is 0.497 e. The number of nitrogens with one attached hydrogen (secondary N) is 1. The number of carbonyl (C=O) groups is 1. The fourth-order valence-electron chi connectivity index (χ4n) is 3.11. The van der Waals surface area contributed by atoms with Crippen LogP contribution in [0.15, 0.2) is 66.1 Å². The van der Waals surface area contributed by atoms with Crippen molar-refractivity contribution in [2.24, 2.45) is 5.73 Å². The number of aromatic nitrogens is 3. The second-order valence-electron chi connectivity index (χ2n) is 6.32. The first-order valence-corrected chi connectivity index (χ1v) is 8.89. The van der Waals surface area contributed by atoms with Gasteiger partial charge in [-0.2, -0.15) is 0 Å². The highest BCUT2D eigenvalue weighted by Crippen LogP contribution is 2.30. The van der Waals surface area contributed by atoms with Crippen LogP contribution in [0.5, 0.6) is 5.75 Å². The van der Waals surface area contributed by atoms with Crippen molar-refractivity contribution in [2.75, 3.05) is 12.4 Å². The molecule has 2 aromatic heterocycles. The Morgan fingerprint density at radius 3 is 2.79 bits per heavy atom. The summed E-state index contributed by atoms with van der Waals surface area (Å²) in [6, 6.07) is 9.32. The van der Waals surface area contributed by atoms with Crippen LogP contribution in [0.1, 0.15) is 12.8 Å². The van der Waals surface area contributed by atoms with E-state index in [9.17, 15) is 4.79 Å². The van der Waals surface area contributed by atoms with Gasteiger partial charge in [-0.05, 0) is 43.2 Å². The molecule has 1 aliphatic rings. The molecule has 3 aromatic rings. The van der Waals surface area contributed by atoms with Gasteiger partial charge in [-0.25, -0.2) is 9.97 Å². The zero-order valence-corrected chi connectivity index (χ0v) is 15.3. The van der Waals surface area contributed by atoms with E-state index in [1.807, 2.05) is 42.5 Å². The van der Waals surface area contributed by atoms with Crippen LogP contribution in [-0.2, 0) is 4.79 Å². The van der Waals surface area contributed by atoms with Gasteiger partial charge in [-0.3, -0.25) is 9.78 Å². The van der Waals surface area contributed by atoms with E-state index in [0.717, 1.165) is 29.3 Å². The Hall–Kier alpha value is -3.74. The van der Waals surface area contributed by atoms with Crippen LogP contribution in [0.25, 0.3) is 22.3 Å². The highest BCUT2D eigenvalue weighted by molar-refractivity contribution is 5.99. The summed E-state index contributed by atoms with van der Waals surface area (Å²) in [7, 11) is 1.61. The van der Waals surface area contributed by atoms with E-state index in [2.05, 4.69) is 15.3 Å². The SMILES string of the molecule is COc1ccc2nc(-c3cccnc3)nc(NC3=CCCC=C3C(N)=O)c2c1. The Morgan fingerprint density at radius 1 is 1.18 bits per heavy atom. The Bertz CT molecular complexity index is 1110. The third-order valence-electron chi connectivity index (χ3n) is 4.49. The smallest absolute Gasteiger partial charge is 0.250 e. The van der Waals surface area contributed by atoms with E-state index in [1.165, 1.54) is 0 Å². The first-order chi connectivity index (χ1) is 13.7. The van der Waals surface area contributed by atoms with Crippen molar-refractivity contribution in [2.45, 2.75) is 12.8 Å². The number of hydrogen-bond donors (Lipinski definition) is 2. The fraction of sp³-hybridized carbons (Fsp3) is 0.143. The highest BCUT2D eigenvalue weighted by atomic mass is 16.5. The molecule has 0 spiro atoms. The summed E-state index contributed by atoms with van der Waals surface area (Å²) in [4.78, 5) is 25.3. The molecule has 7 heteroatoms. The molecule has 0 unspecified atom stereocenters. The number of ether oxygens (including phenoxy) is 1. The van der Waals surface area contributed by atoms with Gasteiger partial charge in [0.15, 0.2) is 5.82 Å². The lowest BCUT2D eigenvalue weighted by Crippen LogP contribution is -2.20. The molecule has 140 valence electrons. The van der Waals surface area contributed by atoms with Crippen LogP contribution in [0.4, 0.5) is 5.82 Å². The molecule has 7 nitrogen and oxygen atoms in total. The zero-order chi connectivity index (χ0) is 19.5. The molecule has 0 fully saturated rings. The van der Waals surface area contributed by atoms with Gasteiger partial charge in [-0.15, -0.1) is 0 Å². The van der Waals surface area contributed by atoms with Gasteiger partial charge in [0.25, 0.3) is 0 Å². The lowest BCUT2D eigenvalue weighted by atomic mass is 10.0. The molecule has 0 saturated heterocycles. The van der Waals surface area contributed by atoms with E-state index in [1.54, 1.807) is 19.5 Å². The van der Waals surface area contributed by atoms with Crippen molar-refractivity contribution in [3.8, 4) is 17.1 Å². The molecule has 28 heavy (non-hydrogen) atoms. The van der Waals surface area contributed by atoms with E-state index in [-0.39, 0.29) is 0 Å². The number of anilines is 1. The van der Waals surface area contributed by atoms with Crippen molar-refractivity contribution in [1.29, 1.82) is 0 Å². The van der Waals surface area contributed by atoms with Gasteiger partial charge < -0.3 is 15.8 Å². The summed E-state index contributed by atoms with van der Waals surface area (Å²) in [5.74, 6) is 1.33. The van der Waals surface area contributed by atoms with Gasteiger partial charge in [0, 0.05) is 29.0 Å². The molecular weight excluding hydrogens is 354 g/mol. The number of rotatable bonds is 5. The molecule has 0 bridgehead atoms. The monoisotopic (exact) mass is 373 g/mol. The average Bonchev–Trinajstić information content (AvgIpc) is 2.74. The van der Waals surface area contributed by atoms with Gasteiger partial charge in [0.2, 0.25) is 5.91 Å². The topological polar surface area (TPSA) is 103 Å². The van der Waals surface area contributed by atoms with E-state index in [0.29, 0.717) is 28.7 Å². The molecule has 1 amide bonds. The quantitative estimate of drug-likeness (QED) is 0.712. The molecule has 0 aliphatic heterocycles. The number of pyridine rings is 1. The standard InChI is InChI=1S/C21H19N5O2/c1-28-14-8-9-18-16(11-14)21(25-17-7-3-2-6-15(17)19(22)27)26-20(24-18)13-5-4-10-23-12-13/h4-12H,2-3H2,1H3,(H2,22,27)(H,24,25,26). The summed E-state index contributed by atoms with van der Waals surface area (Å²) >= 11 is 0. The van der Waals surface area contributed by atoms with Crippen molar-refractivity contribution < 1.29 is 9.53 Å². The Balaban J connectivity index is 1.86. The number of hydrogen-bond acceptors (Lipinski definition) is 6. The minimum Gasteiger partial charge on any atom is -0.497 e. The molecular formula is C21H19N5O2. The third-order valence-corrected chi connectivity index (χ3v) is 4.49. The maximum absolute atomic E-state index is 11.8. The number of fused-ring (bicyclic) bond motifs is 1. The lowest BCUT2D eigenvalue weighted by Gasteiger charge is -2.17. The molecule has 2 heterocycles. The number of allylic oxidation sites excluding steroid dienone is 2. The van der Waals surface area contributed by atoms with E-state index >= 15 is 0 Å². The Labute approximate surface area is 162 Å². The molecule has 3 N–H and O–H groups in total. The van der Waals surface area contributed by atoms with Crippen LogP contribution in [0.3, 0.4) is 0 Å². The van der Waals surface area contributed by atoms with Crippen LogP contribution in [0.2, 0.25) is 0 Å². The molecule has 4 rings (SSSR count). The number of primary amides is 1. The summed E-state index contributed by atoms with van der Waals surface area (Å²) < 4.78 is 5.35. The van der Waals surface area contributed by atoms with E-state index < -0.39 is 5.91 Å². The number of carbonyl (C=O) groups excluding carboxylic acids is 1. The first-order valence-electron chi connectivity index (χ1n) is 8.89. The van der Waals surface area contributed by atoms with Crippen LogP contribution in [0, 0.1) is 0 Å². The Morgan fingerprint density at radius 2 is 2.04 bits per heavy atom. The second kappa shape index (κ2) is 7.48. The minimum absolute atomic E-state index is 0.462. The molecule has 0 saturated carbocycles. The lowest BCUT2D eigenvalue weighted by molar-refractivity contribution is -0.114. The van der Waals surface area contributed by atoms with Crippen molar-refractivity contribution in [3.63, 3.8) is 0 Å². The summed E-state index contributed by atoms with van der Waals surface area (Å²) in [6.45, 7) is 0. The zero-order valence-electron chi connectivity index (χ0n) is 15.3. The summed E-state index contributed by atoms with van der Waals surface area (Å²) in [5, 5.41) is 4.06. The minimum atomic E-state index is -0.470. The third kappa shape index (κ3) is 3.42. The second-order valence-corrected chi connectivity index (χ2v) is 6.32. The number of nitrogens with zero attached hydrogens (tertiary/aromatic N) is 3. The summed E-state index contributed by atoms with van der Waals surface area (Å²) in [6.07, 6.45) is 8.81. The highest BCUT2D eigenvalue weighted by Gasteiger charge is 2.17. The van der Waals surface area contributed by atoms with Crippen LogP contribution in [-0.4, -0.2) is 28.0 Å². The van der Waals surface area contributed by atoms with Crippen molar-refractivity contribution >= 4 is 22.6 Å². The fourth-order valence-corrected chi connectivity index (χ4v) is 3.11. The van der Waals surface area contributed by atoms with Gasteiger partial charge in [0.05, 0.1) is 18.2 Å². The normalized spacial score (nSPS) is 13.6. The van der Waals surface area contributed by atoms with Gasteiger partial charge >= 0.3 is 0 Å². The van der Waals surface area contributed by atoms with Crippen molar-refractivity contribution in [1.82, 2.24) is 15.0 Å². The molecule has 0 radical (unpaired) electrons. The van der Waals surface area contributed by atoms with Gasteiger partial charge in [-0.1, -0.05) is 12.2 Å². The number of amides is 1. The predicted octanol–water partition coefficient (Wildman–Crippen LogP) is 3.20. The average molecular weight is 373 g/mol. The van der Waals surface area contributed by atoms with E-state index in [4.69, 9.17) is 15.5 Å². The first kappa shape index (κ1) is 17.7. The summed E-state index contributed by atoms with van der Waals surface area (Å²) in [5.41, 5.74) is 8.20. The van der Waals surface area contributed by atoms with Crippen LogP contribution < -0.4 is 15.8 Å². The molecule has 1 aromatic carbocycles. The van der Waals surface area contributed by atoms with Crippen LogP contribution >= 0.6 is 0 Å². The maximum Gasteiger partial charge on any atom is 0.250 e. The van der Waals surface area contributed by atoms with Gasteiger partial charge in [0.1, 0.15) is 11.6 Å². The molecule has 0 atom stereocenters. The Kier molecular flexibility index (Phi) is 4.72. The number of benzene rings is 1. The van der Waals surface area contributed by atoms with Crippen molar-refractivity contribution in [3.05, 3.63) is 66.1 Å².